The van der Waals surface area contributed by atoms with Gasteiger partial charge in [0.1, 0.15) is 5.01 Å². The van der Waals surface area contributed by atoms with E-state index in [9.17, 15) is 0 Å². The third-order valence-corrected chi connectivity index (χ3v) is 3.99. The first-order chi connectivity index (χ1) is 7.13. The van der Waals surface area contributed by atoms with Crippen LogP contribution in [-0.4, -0.2) is 24.0 Å². The van der Waals surface area contributed by atoms with Crippen LogP contribution in [-0.2, 0) is 10.5 Å². The van der Waals surface area contributed by atoms with Gasteiger partial charge in [0.15, 0.2) is 0 Å². The smallest absolute Gasteiger partial charge is 0.103 e. The average Bonchev–Trinajstić information content (AvgIpc) is 2.63. The summed E-state index contributed by atoms with van der Waals surface area (Å²) in [5.41, 5.74) is 6.83. The highest BCUT2D eigenvalue weighted by molar-refractivity contribution is 7.99. The van der Waals surface area contributed by atoms with Crippen LogP contribution in [0.4, 0.5) is 0 Å². The Balaban J connectivity index is 2.48. The second-order valence-corrected chi connectivity index (χ2v) is 6.10. The van der Waals surface area contributed by atoms with Crippen LogP contribution in [0.15, 0.2) is 5.38 Å². The van der Waals surface area contributed by atoms with Gasteiger partial charge >= 0.3 is 0 Å². The van der Waals surface area contributed by atoms with Gasteiger partial charge in [-0.2, -0.15) is 11.8 Å². The predicted molar refractivity (Wildman–Crippen MR) is 67.3 cm³/mol. The number of nitrogens with zero attached hydrogens (tertiary/aromatic N) is 1. The molecule has 86 valence electrons. The Labute approximate surface area is 99.4 Å². The van der Waals surface area contributed by atoms with Crippen LogP contribution in [0.1, 0.15) is 30.6 Å². The minimum absolute atomic E-state index is 0.0935. The van der Waals surface area contributed by atoms with Gasteiger partial charge in [-0.05, 0) is 5.25 Å². The molecule has 2 N–H and O–H groups in total. The largest absolute Gasteiger partial charge is 0.383 e. The predicted octanol–water partition coefficient (Wildman–Crippen LogP) is 2.43. The molecule has 0 saturated heterocycles. The highest BCUT2D eigenvalue weighted by Crippen LogP contribution is 2.22. The quantitative estimate of drug-likeness (QED) is 0.837. The summed E-state index contributed by atoms with van der Waals surface area (Å²) in [6, 6.07) is -0.0935. The molecule has 0 aliphatic carbocycles. The van der Waals surface area contributed by atoms with Crippen molar-refractivity contribution in [2.45, 2.75) is 30.9 Å². The van der Waals surface area contributed by atoms with E-state index in [4.69, 9.17) is 10.5 Å². The Morgan fingerprint density at radius 2 is 2.33 bits per heavy atom. The second-order valence-electron chi connectivity index (χ2n) is 3.59. The summed E-state index contributed by atoms with van der Waals surface area (Å²) in [7, 11) is 1.65. The maximum atomic E-state index is 5.89. The minimum atomic E-state index is -0.0935. The first-order valence-corrected chi connectivity index (χ1v) is 6.86. The van der Waals surface area contributed by atoms with Crippen molar-refractivity contribution >= 4 is 23.1 Å². The molecule has 1 unspecified atom stereocenters. The Hall–Kier alpha value is -0.100. The topological polar surface area (TPSA) is 48.1 Å². The Bertz CT molecular complexity index is 289. The molecule has 0 radical (unpaired) electrons. The zero-order valence-corrected chi connectivity index (χ0v) is 11.0. The van der Waals surface area contributed by atoms with Gasteiger partial charge in [0.2, 0.25) is 0 Å². The lowest BCUT2D eigenvalue weighted by Gasteiger charge is -2.06. The molecule has 0 fully saturated rings. The summed E-state index contributed by atoms with van der Waals surface area (Å²) < 4.78 is 5.00. The standard InChI is InChI=1S/C10H18N2OS2/c1-7(2)14-6-10-12-9(5-15-10)8(11)4-13-3/h5,7-8H,4,6,11H2,1-3H3. The molecule has 1 aromatic heterocycles. The first kappa shape index (κ1) is 13.0. The van der Waals surface area contributed by atoms with E-state index in [1.807, 2.05) is 17.1 Å². The maximum Gasteiger partial charge on any atom is 0.103 e. The summed E-state index contributed by atoms with van der Waals surface area (Å²) in [5.74, 6) is 0.974. The van der Waals surface area contributed by atoms with Gasteiger partial charge in [0.25, 0.3) is 0 Å². The molecule has 15 heavy (non-hydrogen) atoms. The molecule has 0 saturated carbocycles. The molecule has 0 bridgehead atoms. The fourth-order valence-electron chi connectivity index (χ4n) is 1.06. The monoisotopic (exact) mass is 246 g/mol. The highest BCUT2D eigenvalue weighted by Gasteiger charge is 2.10. The van der Waals surface area contributed by atoms with Crippen LogP contribution in [0.2, 0.25) is 0 Å². The van der Waals surface area contributed by atoms with Gasteiger partial charge in [-0.1, -0.05) is 13.8 Å². The molecule has 1 aromatic rings. The summed E-state index contributed by atoms with van der Waals surface area (Å²) in [5, 5.41) is 3.82. The summed E-state index contributed by atoms with van der Waals surface area (Å²) in [4.78, 5) is 4.49. The summed E-state index contributed by atoms with van der Waals surface area (Å²) in [6.45, 7) is 4.91. The van der Waals surface area contributed by atoms with E-state index in [1.165, 1.54) is 0 Å². The van der Waals surface area contributed by atoms with Crippen molar-refractivity contribution in [2.24, 2.45) is 5.73 Å². The lowest BCUT2D eigenvalue weighted by Crippen LogP contribution is -2.16. The van der Waals surface area contributed by atoms with E-state index in [-0.39, 0.29) is 6.04 Å². The summed E-state index contributed by atoms with van der Waals surface area (Å²) >= 11 is 3.58. The minimum Gasteiger partial charge on any atom is -0.383 e. The molecule has 1 rings (SSSR count). The van der Waals surface area contributed by atoms with Crippen LogP contribution < -0.4 is 5.73 Å². The van der Waals surface area contributed by atoms with Crippen LogP contribution in [0.5, 0.6) is 0 Å². The van der Waals surface area contributed by atoms with Crippen molar-refractivity contribution in [1.82, 2.24) is 4.98 Å². The Kier molecular flexibility index (Phi) is 5.60. The van der Waals surface area contributed by atoms with Gasteiger partial charge in [0, 0.05) is 18.2 Å². The number of methoxy groups -OCH3 is 1. The van der Waals surface area contributed by atoms with Gasteiger partial charge in [-0.15, -0.1) is 11.3 Å². The molecule has 0 aliphatic heterocycles. The number of thioether (sulfide) groups is 1. The SMILES string of the molecule is COCC(N)c1csc(CSC(C)C)n1. The molecule has 0 aromatic carbocycles. The van der Waals surface area contributed by atoms with Crippen LogP contribution in [0.25, 0.3) is 0 Å². The number of thiazole rings is 1. The van der Waals surface area contributed by atoms with Crippen LogP contribution in [0, 0.1) is 0 Å². The number of nitrogens with two attached hydrogens (primary N) is 1. The maximum absolute atomic E-state index is 5.89. The molecule has 0 aliphatic rings. The zero-order chi connectivity index (χ0) is 11.3. The molecule has 5 heteroatoms. The van der Waals surface area contributed by atoms with Gasteiger partial charge in [0.05, 0.1) is 18.3 Å². The molecule has 0 spiro atoms. The van der Waals surface area contributed by atoms with Crippen molar-refractivity contribution in [3.63, 3.8) is 0 Å². The van der Waals surface area contributed by atoms with Crippen molar-refractivity contribution < 1.29 is 4.74 Å². The number of hydrogen-bond donors (Lipinski definition) is 1. The third kappa shape index (κ3) is 4.51. The van der Waals surface area contributed by atoms with E-state index in [1.54, 1.807) is 18.4 Å². The molecule has 1 atom stereocenters. The zero-order valence-electron chi connectivity index (χ0n) is 9.40. The summed E-state index contributed by atoms with van der Waals surface area (Å²) in [6.07, 6.45) is 0. The van der Waals surface area contributed by atoms with Gasteiger partial charge in [-0.3, -0.25) is 0 Å². The molecular weight excluding hydrogens is 228 g/mol. The number of rotatable bonds is 6. The van der Waals surface area contributed by atoms with E-state index >= 15 is 0 Å². The molecule has 0 amide bonds. The van der Waals surface area contributed by atoms with Crippen molar-refractivity contribution in [2.75, 3.05) is 13.7 Å². The Morgan fingerprint density at radius 3 is 2.93 bits per heavy atom. The number of ether oxygens (including phenoxy) is 1. The highest BCUT2D eigenvalue weighted by atomic mass is 32.2. The van der Waals surface area contributed by atoms with E-state index in [2.05, 4.69) is 18.8 Å². The fourth-order valence-corrected chi connectivity index (χ4v) is 2.72. The molecule has 3 nitrogen and oxygen atoms in total. The molecular formula is C10H18N2OS2. The molecule has 1 heterocycles. The average molecular weight is 246 g/mol. The normalized spacial score (nSPS) is 13.4. The van der Waals surface area contributed by atoms with Gasteiger partial charge < -0.3 is 10.5 Å². The van der Waals surface area contributed by atoms with E-state index in [0.717, 1.165) is 16.5 Å². The fraction of sp³-hybridized carbons (Fsp3) is 0.700. The van der Waals surface area contributed by atoms with Crippen LogP contribution >= 0.6 is 23.1 Å². The van der Waals surface area contributed by atoms with Crippen molar-refractivity contribution in [3.8, 4) is 0 Å². The lowest BCUT2D eigenvalue weighted by molar-refractivity contribution is 0.180. The van der Waals surface area contributed by atoms with Gasteiger partial charge in [-0.25, -0.2) is 4.98 Å². The number of hydrogen-bond acceptors (Lipinski definition) is 5. The number of aromatic nitrogens is 1. The third-order valence-electron chi connectivity index (χ3n) is 1.84. The Morgan fingerprint density at radius 1 is 1.60 bits per heavy atom. The van der Waals surface area contributed by atoms with Crippen molar-refractivity contribution in [3.05, 3.63) is 16.1 Å². The second kappa shape index (κ2) is 6.48. The van der Waals surface area contributed by atoms with E-state index < -0.39 is 0 Å². The van der Waals surface area contributed by atoms with Crippen molar-refractivity contribution in [1.29, 1.82) is 0 Å². The van der Waals surface area contributed by atoms with E-state index in [0.29, 0.717) is 11.9 Å². The van der Waals surface area contributed by atoms with Crippen LogP contribution in [0.3, 0.4) is 0 Å². The first-order valence-electron chi connectivity index (χ1n) is 4.94. The lowest BCUT2D eigenvalue weighted by atomic mass is 10.3.